The third-order valence-electron chi connectivity index (χ3n) is 3.55. The Morgan fingerprint density at radius 1 is 1.42 bits per heavy atom. The Morgan fingerprint density at radius 3 is 2.53 bits per heavy atom. The average molecular weight is 266 g/mol. The minimum absolute atomic E-state index is 0.0512. The Morgan fingerprint density at radius 2 is 2.05 bits per heavy atom. The second kappa shape index (κ2) is 6.53. The Hall–Kier alpha value is -0.870. The van der Waals surface area contributed by atoms with Crippen LogP contribution >= 0.6 is 0 Å². The number of aryl methyl sites for hydroxylation is 1. The van der Waals surface area contributed by atoms with Crippen LogP contribution < -0.4 is 5.73 Å². The molecule has 1 unspecified atom stereocenters. The molecule has 0 bridgehead atoms. The molecule has 19 heavy (non-hydrogen) atoms. The Bertz CT molecular complexity index is 389. The molecule has 0 aliphatic rings. The van der Waals surface area contributed by atoms with Gasteiger partial charge < -0.3 is 5.73 Å². The molecule has 0 amide bonds. The van der Waals surface area contributed by atoms with Crippen molar-refractivity contribution in [3.63, 3.8) is 0 Å². The number of nitrogens with two attached hydrogens (primary N) is 1. The van der Waals surface area contributed by atoms with Crippen molar-refractivity contribution in [2.24, 2.45) is 12.8 Å². The maximum absolute atomic E-state index is 6.02. The van der Waals surface area contributed by atoms with E-state index in [1.807, 2.05) is 11.7 Å². The van der Waals surface area contributed by atoms with Gasteiger partial charge in [0.05, 0.1) is 11.7 Å². The van der Waals surface area contributed by atoms with Gasteiger partial charge in [-0.2, -0.15) is 5.10 Å². The number of hydrogen-bond donors (Lipinski definition) is 1. The normalized spacial score (nSPS) is 14.1. The van der Waals surface area contributed by atoms with Gasteiger partial charge in [-0.3, -0.25) is 9.58 Å². The van der Waals surface area contributed by atoms with Crippen molar-refractivity contribution < 1.29 is 0 Å². The van der Waals surface area contributed by atoms with Crippen LogP contribution in [0.15, 0.2) is 6.20 Å². The van der Waals surface area contributed by atoms with Crippen LogP contribution in [-0.2, 0) is 12.5 Å². The molecule has 1 atom stereocenters. The summed E-state index contributed by atoms with van der Waals surface area (Å²) in [6, 6.07) is 0.259. The molecule has 0 aliphatic carbocycles. The van der Waals surface area contributed by atoms with Crippen molar-refractivity contribution >= 4 is 0 Å². The minimum Gasteiger partial charge on any atom is -0.329 e. The molecule has 0 aromatic carbocycles. The molecule has 110 valence electrons. The van der Waals surface area contributed by atoms with Gasteiger partial charge in [0.15, 0.2) is 0 Å². The summed E-state index contributed by atoms with van der Waals surface area (Å²) in [7, 11) is 4.14. The van der Waals surface area contributed by atoms with E-state index in [0.717, 1.165) is 12.2 Å². The predicted molar refractivity (Wildman–Crippen MR) is 81.2 cm³/mol. The maximum Gasteiger partial charge on any atom is 0.0726 e. The second-order valence-corrected chi connectivity index (χ2v) is 6.44. The number of hydrogen-bond acceptors (Lipinski definition) is 3. The summed E-state index contributed by atoms with van der Waals surface area (Å²) in [5.41, 5.74) is 8.51. The second-order valence-electron chi connectivity index (χ2n) is 6.44. The molecule has 1 aromatic rings. The molecule has 1 rings (SSSR count). The summed E-state index contributed by atoms with van der Waals surface area (Å²) in [6.07, 6.45) is 4.54. The van der Waals surface area contributed by atoms with Crippen LogP contribution in [0.1, 0.15) is 57.8 Å². The van der Waals surface area contributed by atoms with Crippen LogP contribution in [0, 0.1) is 0 Å². The highest BCUT2D eigenvalue weighted by Crippen LogP contribution is 2.30. The van der Waals surface area contributed by atoms with Crippen LogP contribution in [0.4, 0.5) is 0 Å². The van der Waals surface area contributed by atoms with Crippen LogP contribution in [-0.4, -0.2) is 34.8 Å². The first-order chi connectivity index (χ1) is 8.81. The van der Waals surface area contributed by atoms with Crippen molar-refractivity contribution in [1.82, 2.24) is 14.7 Å². The Labute approximate surface area is 118 Å². The van der Waals surface area contributed by atoms with E-state index in [4.69, 9.17) is 5.73 Å². The van der Waals surface area contributed by atoms with Gasteiger partial charge in [0.25, 0.3) is 0 Å². The van der Waals surface area contributed by atoms with E-state index >= 15 is 0 Å². The molecule has 4 nitrogen and oxygen atoms in total. The number of aromatic nitrogens is 2. The number of nitrogens with zero attached hydrogens (tertiary/aromatic N) is 3. The van der Waals surface area contributed by atoms with E-state index in [0.29, 0.717) is 6.54 Å². The summed E-state index contributed by atoms with van der Waals surface area (Å²) in [5, 5.41) is 4.65. The van der Waals surface area contributed by atoms with E-state index in [2.05, 4.69) is 50.9 Å². The highest BCUT2D eigenvalue weighted by atomic mass is 15.3. The zero-order valence-corrected chi connectivity index (χ0v) is 13.4. The summed E-state index contributed by atoms with van der Waals surface area (Å²) < 4.78 is 1.91. The molecule has 4 heteroatoms. The lowest BCUT2D eigenvalue weighted by molar-refractivity contribution is 0.244. The van der Waals surface area contributed by atoms with Crippen molar-refractivity contribution in [3.05, 3.63) is 17.5 Å². The van der Waals surface area contributed by atoms with Crippen molar-refractivity contribution in [3.8, 4) is 0 Å². The van der Waals surface area contributed by atoms with E-state index in [1.165, 1.54) is 18.4 Å². The van der Waals surface area contributed by atoms with Gasteiger partial charge in [-0.05, 0) is 20.0 Å². The van der Waals surface area contributed by atoms with Crippen molar-refractivity contribution in [2.45, 2.75) is 52.0 Å². The monoisotopic (exact) mass is 266 g/mol. The molecule has 0 radical (unpaired) electrons. The van der Waals surface area contributed by atoms with Crippen LogP contribution in [0.2, 0.25) is 0 Å². The number of unbranched alkanes of at least 4 members (excludes halogenated alkanes) is 1. The molecular weight excluding hydrogens is 236 g/mol. The van der Waals surface area contributed by atoms with Gasteiger partial charge >= 0.3 is 0 Å². The van der Waals surface area contributed by atoms with Crippen LogP contribution in [0.5, 0.6) is 0 Å². The largest absolute Gasteiger partial charge is 0.329 e. The third kappa shape index (κ3) is 4.05. The first-order valence-electron chi connectivity index (χ1n) is 7.25. The lowest BCUT2D eigenvalue weighted by atomic mass is 9.87. The fraction of sp³-hybridized carbons (Fsp3) is 0.800. The molecule has 0 fully saturated rings. The minimum atomic E-state index is 0.0512. The molecule has 0 spiro atoms. The zero-order chi connectivity index (χ0) is 14.6. The van der Waals surface area contributed by atoms with Gasteiger partial charge in [-0.25, -0.2) is 0 Å². The summed E-state index contributed by atoms with van der Waals surface area (Å²) in [6.45, 7) is 10.6. The fourth-order valence-electron chi connectivity index (χ4n) is 2.44. The van der Waals surface area contributed by atoms with Gasteiger partial charge in [-0.1, -0.05) is 34.1 Å². The predicted octanol–water partition coefficient (Wildman–Crippen LogP) is 2.45. The maximum atomic E-state index is 6.02. The molecular formula is C15H30N4. The summed E-state index contributed by atoms with van der Waals surface area (Å²) in [4.78, 5) is 2.36. The van der Waals surface area contributed by atoms with Crippen molar-refractivity contribution in [2.75, 3.05) is 20.1 Å². The smallest absolute Gasteiger partial charge is 0.0726 e. The van der Waals surface area contributed by atoms with E-state index in [1.54, 1.807) is 0 Å². The first-order valence-corrected chi connectivity index (χ1v) is 7.25. The first kappa shape index (κ1) is 16.2. The Kier molecular flexibility index (Phi) is 5.56. The number of likely N-dealkylation sites (N-methyl/N-ethyl adjacent to an activating group) is 1. The lowest BCUT2D eigenvalue weighted by Gasteiger charge is -2.29. The SMILES string of the molecule is CCCCN(C)C(CN)c1cn(C)nc1C(C)(C)C. The van der Waals surface area contributed by atoms with Gasteiger partial charge in [0.1, 0.15) is 0 Å². The Balaban J connectivity index is 3.04. The van der Waals surface area contributed by atoms with Crippen molar-refractivity contribution in [1.29, 1.82) is 0 Å². The molecule has 0 aliphatic heterocycles. The zero-order valence-electron chi connectivity index (χ0n) is 13.4. The van der Waals surface area contributed by atoms with Gasteiger partial charge in [0.2, 0.25) is 0 Å². The summed E-state index contributed by atoms with van der Waals surface area (Å²) >= 11 is 0. The third-order valence-corrected chi connectivity index (χ3v) is 3.55. The molecule has 1 aromatic heterocycles. The van der Waals surface area contributed by atoms with E-state index in [9.17, 15) is 0 Å². The van der Waals surface area contributed by atoms with Crippen LogP contribution in [0.3, 0.4) is 0 Å². The highest BCUT2D eigenvalue weighted by molar-refractivity contribution is 5.27. The standard InChI is InChI=1S/C15H30N4/c1-7-8-9-18(5)13(10-16)12-11-19(6)17-14(12)15(2,3)4/h11,13H,7-10,16H2,1-6H3. The topological polar surface area (TPSA) is 47.1 Å². The lowest BCUT2D eigenvalue weighted by Crippen LogP contribution is -2.33. The van der Waals surface area contributed by atoms with E-state index < -0.39 is 0 Å². The average Bonchev–Trinajstić information content (AvgIpc) is 2.69. The van der Waals surface area contributed by atoms with Gasteiger partial charge in [0, 0.05) is 30.8 Å². The van der Waals surface area contributed by atoms with E-state index in [-0.39, 0.29) is 11.5 Å². The van der Waals surface area contributed by atoms with Crippen LogP contribution in [0.25, 0.3) is 0 Å². The van der Waals surface area contributed by atoms with Gasteiger partial charge in [-0.15, -0.1) is 0 Å². The molecule has 0 saturated carbocycles. The molecule has 2 N–H and O–H groups in total. The molecule has 1 heterocycles. The highest BCUT2D eigenvalue weighted by Gasteiger charge is 2.27. The fourth-order valence-corrected chi connectivity index (χ4v) is 2.44. The quantitative estimate of drug-likeness (QED) is 0.860. The molecule has 0 saturated heterocycles. The number of rotatable bonds is 6. The summed E-state index contributed by atoms with van der Waals surface area (Å²) in [5.74, 6) is 0.